The summed E-state index contributed by atoms with van der Waals surface area (Å²) < 4.78 is 36.4. The van der Waals surface area contributed by atoms with Crippen LogP contribution in [0.2, 0.25) is 0 Å². The number of alkyl halides is 3. The molecule has 1 unspecified atom stereocenters. The predicted molar refractivity (Wildman–Crippen MR) is 38.5 cm³/mol. The van der Waals surface area contributed by atoms with Crippen molar-refractivity contribution < 1.29 is 23.4 Å². The standard InChI is InChI=1S/C7H10F3NO2/c8-7(9,10)5-3-1-2-4(11-5)6(12)13/h2,5-6,11-13H,1,3H2. The van der Waals surface area contributed by atoms with Crippen molar-refractivity contribution >= 4 is 0 Å². The largest absolute Gasteiger partial charge is 0.408 e. The van der Waals surface area contributed by atoms with Gasteiger partial charge in [0.2, 0.25) is 0 Å². The van der Waals surface area contributed by atoms with Crippen LogP contribution in [0.5, 0.6) is 0 Å². The van der Waals surface area contributed by atoms with E-state index in [2.05, 4.69) is 0 Å². The maximum absolute atomic E-state index is 12.1. The zero-order valence-corrected chi connectivity index (χ0v) is 6.67. The molecule has 0 aliphatic carbocycles. The molecule has 0 spiro atoms. The number of halogens is 3. The second kappa shape index (κ2) is 3.55. The van der Waals surface area contributed by atoms with E-state index in [4.69, 9.17) is 10.2 Å². The lowest BCUT2D eigenvalue weighted by Gasteiger charge is -2.27. The van der Waals surface area contributed by atoms with Crippen LogP contribution >= 0.6 is 0 Å². The van der Waals surface area contributed by atoms with Crippen molar-refractivity contribution in [1.82, 2.24) is 5.32 Å². The first-order valence-corrected chi connectivity index (χ1v) is 3.80. The van der Waals surface area contributed by atoms with Crippen molar-refractivity contribution in [3.63, 3.8) is 0 Å². The van der Waals surface area contributed by atoms with E-state index in [-0.39, 0.29) is 18.5 Å². The maximum atomic E-state index is 12.1. The summed E-state index contributed by atoms with van der Waals surface area (Å²) in [4.78, 5) is 0. The van der Waals surface area contributed by atoms with Crippen LogP contribution in [0.1, 0.15) is 12.8 Å². The summed E-state index contributed by atoms with van der Waals surface area (Å²) in [5.74, 6) is 0. The average molecular weight is 197 g/mol. The Labute approximate surface area is 72.9 Å². The van der Waals surface area contributed by atoms with Crippen LogP contribution in [0.25, 0.3) is 0 Å². The molecule has 0 bridgehead atoms. The Balaban J connectivity index is 2.63. The van der Waals surface area contributed by atoms with Gasteiger partial charge in [-0.15, -0.1) is 0 Å². The molecule has 6 heteroatoms. The van der Waals surface area contributed by atoms with E-state index in [1.165, 1.54) is 6.08 Å². The maximum Gasteiger partial charge on any atom is 0.408 e. The monoisotopic (exact) mass is 197 g/mol. The Morgan fingerprint density at radius 3 is 2.54 bits per heavy atom. The highest BCUT2D eigenvalue weighted by Crippen LogP contribution is 2.27. The van der Waals surface area contributed by atoms with Gasteiger partial charge in [0.15, 0.2) is 6.29 Å². The molecule has 13 heavy (non-hydrogen) atoms. The Hall–Kier alpha value is -0.750. The smallest absolute Gasteiger partial charge is 0.373 e. The highest BCUT2D eigenvalue weighted by atomic mass is 19.4. The highest BCUT2D eigenvalue weighted by Gasteiger charge is 2.40. The Kier molecular flexibility index (Phi) is 2.82. The van der Waals surface area contributed by atoms with Gasteiger partial charge in [-0.05, 0) is 12.8 Å². The van der Waals surface area contributed by atoms with E-state index < -0.39 is 18.5 Å². The molecular weight excluding hydrogens is 187 g/mol. The van der Waals surface area contributed by atoms with E-state index in [1.54, 1.807) is 0 Å². The van der Waals surface area contributed by atoms with Crippen LogP contribution < -0.4 is 5.32 Å². The topological polar surface area (TPSA) is 52.5 Å². The molecule has 0 saturated carbocycles. The molecule has 0 aromatic heterocycles. The number of aliphatic hydroxyl groups excluding tert-OH is 1. The molecule has 1 aliphatic heterocycles. The summed E-state index contributed by atoms with van der Waals surface area (Å²) in [6, 6.07) is -1.67. The molecule has 0 fully saturated rings. The first kappa shape index (κ1) is 10.3. The third kappa shape index (κ3) is 2.60. The zero-order valence-electron chi connectivity index (χ0n) is 6.67. The van der Waals surface area contributed by atoms with Crippen molar-refractivity contribution in [2.75, 3.05) is 0 Å². The van der Waals surface area contributed by atoms with Gasteiger partial charge in [-0.25, -0.2) is 0 Å². The molecule has 1 atom stereocenters. The lowest BCUT2D eigenvalue weighted by Crippen LogP contribution is -2.45. The van der Waals surface area contributed by atoms with Gasteiger partial charge in [0.25, 0.3) is 0 Å². The van der Waals surface area contributed by atoms with Crippen LogP contribution in [0.3, 0.4) is 0 Å². The van der Waals surface area contributed by atoms with Crippen LogP contribution in [0.15, 0.2) is 11.8 Å². The third-order valence-corrected chi connectivity index (χ3v) is 1.83. The SMILES string of the molecule is OC(O)C1=CCCC(C(F)(F)F)N1. The number of aliphatic hydroxyl groups is 2. The molecule has 1 aliphatic rings. The number of hydrogen-bond donors (Lipinski definition) is 3. The summed E-state index contributed by atoms with van der Waals surface area (Å²) in [6.07, 6.45) is -4.71. The fourth-order valence-electron chi connectivity index (χ4n) is 1.16. The van der Waals surface area contributed by atoms with Gasteiger partial charge < -0.3 is 15.5 Å². The second-order valence-corrected chi connectivity index (χ2v) is 2.85. The normalized spacial score (nSPS) is 24.2. The van der Waals surface area contributed by atoms with Gasteiger partial charge in [0, 0.05) is 0 Å². The Morgan fingerprint density at radius 1 is 1.46 bits per heavy atom. The fourth-order valence-corrected chi connectivity index (χ4v) is 1.16. The quantitative estimate of drug-likeness (QED) is 0.536. The molecule has 1 rings (SSSR count). The molecule has 0 aromatic carbocycles. The van der Waals surface area contributed by atoms with Crippen molar-refractivity contribution in [2.24, 2.45) is 0 Å². The second-order valence-electron chi connectivity index (χ2n) is 2.85. The minimum Gasteiger partial charge on any atom is -0.373 e. The molecule has 0 radical (unpaired) electrons. The summed E-state index contributed by atoms with van der Waals surface area (Å²) in [5, 5.41) is 19.3. The van der Waals surface area contributed by atoms with Gasteiger partial charge in [-0.2, -0.15) is 13.2 Å². The summed E-state index contributed by atoms with van der Waals surface area (Å²) >= 11 is 0. The van der Waals surface area contributed by atoms with Gasteiger partial charge in [0.05, 0.1) is 5.70 Å². The minimum absolute atomic E-state index is 0.0697. The van der Waals surface area contributed by atoms with Crippen LogP contribution in [0, 0.1) is 0 Å². The van der Waals surface area contributed by atoms with Crippen LogP contribution in [0.4, 0.5) is 13.2 Å². The minimum atomic E-state index is -4.34. The lowest BCUT2D eigenvalue weighted by atomic mass is 10.1. The molecule has 76 valence electrons. The van der Waals surface area contributed by atoms with Crippen molar-refractivity contribution in [3.05, 3.63) is 11.8 Å². The van der Waals surface area contributed by atoms with E-state index in [0.717, 1.165) is 0 Å². The van der Waals surface area contributed by atoms with Gasteiger partial charge in [-0.1, -0.05) is 6.08 Å². The summed E-state index contributed by atoms with van der Waals surface area (Å²) in [7, 11) is 0. The fraction of sp³-hybridized carbons (Fsp3) is 0.714. The lowest BCUT2D eigenvalue weighted by molar-refractivity contribution is -0.158. The predicted octanol–water partition coefficient (Wildman–Crippen LogP) is 0.495. The Morgan fingerprint density at radius 2 is 2.08 bits per heavy atom. The van der Waals surface area contributed by atoms with Crippen molar-refractivity contribution in [1.29, 1.82) is 0 Å². The molecule has 1 heterocycles. The van der Waals surface area contributed by atoms with Gasteiger partial charge in [-0.3, -0.25) is 0 Å². The number of hydrogen-bond acceptors (Lipinski definition) is 3. The van der Waals surface area contributed by atoms with E-state index in [0.29, 0.717) is 0 Å². The number of nitrogens with one attached hydrogen (secondary N) is 1. The molecule has 0 saturated heterocycles. The molecular formula is C7H10F3NO2. The summed E-state index contributed by atoms with van der Waals surface area (Å²) in [5.41, 5.74) is -0.173. The van der Waals surface area contributed by atoms with Gasteiger partial charge >= 0.3 is 6.18 Å². The van der Waals surface area contributed by atoms with E-state index >= 15 is 0 Å². The van der Waals surface area contributed by atoms with Gasteiger partial charge in [0.1, 0.15) is 6.04 Å². The third-order valence-electron chi connectivity index (χ3n) is 1.83. The first-order chi connectivity index (χ1) is 5.91. The van der Waals surface area contributed by atoms with Crippen LogP contribution in [-0.2, 0) is 0 Å². The van der Waals surface area contributed by atoms with E-state index in [1.807, 2.05) is 5.32 Å². The number of rotatable bonds is 1. The molecule has 3 nitrogen and oxygen atoms in total. The Bertz CT molecular complexity index is 212. The molecule has 0 amide bonds. The molecule has 3 N–H and O–H groups in total. The van der Waals surface area contributed by atoms with Crippen molar-refractivity contribution in [3.8, 4) is 0 Å². The van der Waals surface area contributed by atoms with Crippen molar-refractivity contribution in [2.45, 2.75) is 31.3 Å². The zero-order chi connectivity index (χ0) is 10.1. The molecule has 0 aromatic rings. The number of allylic oxidation sites excluding steroid dienone is 1. The first-order valence-electron chi connectivity index (χ1n) is 3.80. The van der Waals surface area contributed by atoms with E-state index in [9.17, 15) is 13.2 Å². The van der Waals surface area contributed by atoms with Crippen LogP contribution in [-0.4, -0.2) is 28.7 Å². The average Bonchev–Trinajstić information content (AvgIpc) is 2.03. The summed E-state index contributed by atoms with van der Waals surface area (Å²) in [6.45, 7) is 0. The highest BCUT2D eigenvalue weighted by molar-refractivity contribution is 5.08.